The summed E-state index contributed by atoms with van der Waals surface area (Å²) in [6.07, 6.45) is 8.14. The summed E-state index contributed by atoms with van der Waals surface area (Å²) in [5, 5.41) is 6.86. The van der Waals surface area contributed by atoms with Crippen LogP contribution in [0, 0.1) is 0 Å². The van der Waals surface area contributed by atoms with Crippen LogP contribution in [0.4, 0.5) is 5.82 Å². The molecule has 0 unspecified atom stereocenters. The molecule has 35 heavy (non-hydrogen) atoms. The van der Waals surface area contributed by atoms with Gasteiger partial charge in [0, 0.05) is 27.1 Å². The Morgan fingerprint density at radius 2 is 1.83 bits per heavy atom. The van der Waals surface area contributed by atoms with E-state index in [2.05, 4.69) is 44.5 Å². The Bertz CT molecular complexity index is 1620. The fourth-order valence-corrected chi connectivity index (χ4v) is 6.13. The van der Waals surface area contributed by atoms with Crippen molar-refractivity contribution < 1.29 is 0 Å². The molecule has 1 fully saturated rings. The van der Waals surface area contributed by atoms with Crippen LogP contribution in [0.15, 0.2) is 60.2 Å². The molecule has 0 radical (unpaired) electrons. The van der Waals surface area contributed by atoms with Crippen molar-refractivity contribution in [2.24, 2.45) is 0 Å². The molecule has 0 amide bonds. The number of benzene rings is 2. The van der Waals surface area contributed by atoms with Gasteiger partial charge in [-0.3, -0.25) is 0 Å². The van der Waals surface area contributed by atoms with E-state index in [1.807, 2.05) is 30.6 Å². The Balaban J connectivity index is 1.33. The number of aromatic amines is 1. The molecule has 0 aliphatic heterocycles. The van der Waals surface area contributed by atoms with Gasteiger partial charge in [-0.2, -0.15) is 0 Å². The molecule has 7 nitrogen and oxygen atoms in total. The van der Waals surface area contributed by atoms with Crippen molar-refractivity contribution >= 4 is 49.4 Å². The van der Waals surface area contributed by atoms with Gasteiger partial charge in [-0.1, -0.05) is 49.6 Å². The quantitative estimate of drug-likeness (QED) is 0.287. The number of nitrogens with zero attached hydrogens (tertiary/aromatic N) is 5. The zero-order valence-electron chi connectivity index (χ0n) is 19.2. The number of thiophene rings is 1. The number of fused-ring (bicyclic) bond motifs is 3. The lowest BCUT2D eigenvalue weighted by Crippen LogP contribution is -2.13. The number of H-pyrrole nitrogens is 1. The molecule has 0 spiro atoms. The molecule has 1 saturated carbocycles. The minimum Gasteiger partial charge on any atom is -0.361 e. The monoisotopic (exact) mass is 479 g/mol. The molecule has 0 atom stereocenters. The lowest BCUT2D eigenvalue weighted by molar-refractivity contribution is 0.358. The molecule has 8 heteroatoms. The Kier molecular flexibility index (Phi) is 4.98. The first-order valence-corrected chi connectivity index (χ1v) is 13.1. The Labute approximate surface area is 206 Å². The van der Waals surface area contributed by atoms with Crippen molar-refractivity contribution in [2.45, 2.75) is 44.7 Å². The largest absolute Gasteiger partial charge is 0.361 e. The van der Waals surface area contributed by atoms with E-state index < -0.39 is 0 Å². The predicted octanol–water partition coefficient (Wildman–Crippen LogP) is 6.70. The third kappa shape index (κ3) is 3.65. The normalized spacial score (nSPS) is 14.9. The summed E-state index contributed by atoms with van der Waals surface area (Å²) < 4.78 is 3.52. The van der Waals surface area contributed by atoms with E-state index in [9.17, 15) is 0 Å². The molecule has 2 N–H and O–H groups in total. The van der Waals surface area contributed by atoms with E-state index in [0.29, 0.717) is 12.6 Å². The number of rotatable bonds is 5. The van der Waals surface area contributed by atoms with E-state index in [1.165, 1.54) is 42.2 Å². The van der Waals surface area contributed by atoms with Crippen LogP contribution >= 0.6 is 11.3 Å². The van der Waals surface area contributed by atoms with Gasteiger partial charge in [-0.15, -0.1) is 11.3 Å². The average molecular weight is 480 g/mol. The zero-order chi connectivity index (χ0) is 23.2. The second kappa shape index (κ2) is 8.46. The van der Waals surface area contributed by atoms with E-state index in [4.69, 9.17) is 19.9 Å². The zero-order valence-corrected chi connectivity index (χ0v) is 20.1. The van der Waals surface area contributed by atoms with Crippen molar-refractivity contribution in [1.29, 1.82) is 0 Å². The number of nitrogens with one attached hydrogen (secondary N) is 2. The number of para-hydroxylation sites is 2. The van der Waals surface area contributed by atoms with Crippen LogP contribution in [0.25, 0.3) is 43.7 Å². The van der Waals surface area contributed by atoms with Crippen molar-refractivity contribution in [2.75, 3.05) is 5.32 Å². The van der Waals surface area contributed by atoms with Gasteiger partial charge in [0.05, 0.1) is 23.9 Å². The molecule has 1 aliphatic carbocycles. The predicted molar refractivity (Wildman–Crippen MR) is 142 cm³/mol. The van der Waals surface area contributed by atoms with Crippen molar-refractivity contribution in [3.63, 3.8) is 0 Å². The molecular weight excluding hydrogens is 454 g/mol. The summed E-state index contributed by atoms with van der Waals surface area (Å²) in [5.74, 6) is 2.35. The highest BCUT2D eigenvalue weighted by molar-refractivity contribution is 7.17. The second-order valence-corrected chi connectivity index (χ2v) is 10.1. The minimum atomic E-state index is 0.443. The molecule has 6 aromatic rings. The van der Waals surface area contributed by atoms with Gasteiger partial charge >= 0.3 is 0 Å². The van der Waals surface area contributed by atoms with Crippen LogP contribution in [0.3, 0.4) is 0 Å². The fraction of sp³-hybridized carbons (Fsp3) is 0.259. The molecule has 7 rings (SSSR count). The van der Waals surface area contributed by atoms with Crippen LogP contribution in [-0.4, -0.2) is 29.5 Å². The van der Waals surface area contributed by atoms with Crippen molar-refractivity contribution in [1.82, 2.24) is 29.5 Å². The van der Waals surface area contributed by atoms with E-state index in [1.54, 1.807) is 11.3 Å². The van der Waals surface area contributed by atoms with Gasteiger partial charge in [0.15, 0.2) is 17.3 Å². The van der Waals surface area contributed by atoms with Gasteiger partial charge in [0.1, 0.15) is 11.3 Å². The molecule has 4 aromatic heterocycles. The Morgan fingerprint density at radius 3 is 2.74 bits per heavy atom. The third-order valence-corrected chi connectivity index (χ3v) is 7.94. The summed E-state index contributed by atoms with van der Waals surface area (Å²) in [6.45, 7) is 0.529. The Morgan fingerprint density at radius 1 is 0.971 bits per heavy atom. The number of anilines is 1. The highest BCUT2D eigenvalue weighted by atomic mass is 32.1. The lowest BCUT2D eigenvalue weighted by atomic mass is 9.95. The minimum absolute atomic E-state index is 0.443. The number of imidazole rings is 2. The summed E-state index contributed by atoms with van der Waals surface area (Å²) in [5.41, 5.74) is 4.78. The maximum Gasteiger partial charge on any atom is 0.166 e. The molecule has 174 valence electrons. The van der Waals surface area contributed by atoms with Crippen LogP contribution < -0.4 is 5.32 Å². The van der Waals surface area contributed by atoms with E-state index in [0.717, 1.165) is 45.2 Å². The number of aromatic nitrogens is 6. The molecule has 1 aliphatic rings. The van der Waals surface area contributed by atoms with Crippen LogP contribution in [0.1, 0.15) is 44.0 Å². The maximum atomic E-state index is 5.09. The standard InChI is InChI=1S/C27H25N7S/c1-2-8-17(9-3-1)34-16-29-24-26(28-14-23-30-20-11-5-6-12-21(20)31-23)32-25(33-27(24)34)19-15-35-22-13-7-4-10-18(19)22/h4-7,10-13,15-17H,1-3,8-9,14H2,(H,30,31)(H,28,32,33). The average Bonchev–Trinajstić information content (AvgIpc) is 3.64. The van der Waals surface area contributed by atoms with E-state index in [-0.39, 0.29) is 0 Å². The second-order valence-electron chi connectivity index (χ2n) is 9.21. The summed E-state index contributed by atoms with van der Waals surface area (Å²) in [4.78, 5) is 23.0. The Hall–Kier alpha value is -3.78. The van der Waals surface area contributed by atoms with E-state index >= 15 is 0 Å². The maximum absolute atomic E-state index is 5.09. The summed E-state index contributed by atoms with van der Waals surface area (Å²) in [7, 11) is 0. The third-order valence-electron chi connectivity index (χ3n) is 6.97. The fourth-order valence-electron chi connectivity index (χ4n) is 5.19. The molecule has 0 saturated heterocycles. The highest BCUT2D eigenvalue weighted by Crippen LogP contribution is 2.36. The topological polar surface area (TPSA) is 84.3 Å². The lowest BCUT2D eigenvalue weighted by Gasteiger charge is -2.23. The van der Waals surface area contributed by atoms with Crippen molar-refractivity contribution in [3.8, 4) is 11.4 Å². The molecule has 0 bridgehead atoms. The van der Waals surface area contributed by atoms with Gasteiger partial charge in [-0.25, -0.2) is 19.9 Å². The first-order chi connectivity index (χ1) is 17.3. The van der Waals surface area contributed by atoms with Crippen molar-refractivity contribution in [3.05, 3.63) is 66.1 Å². The first-order valence-electron chi connectivity index (χ1n) is 12.2. The summed E-state index contributed by atoms with van der Waals surface area (Å²) >= 11 is 1.73. The highest BCUT2D eigenvalue weighted by Gasteiger charge is 2.22. The summed E-state index contributed by atoms with van der Waals surface area (Å²) in [6, 6.07) is 17.0. The molecular formula is C27H25N7S. The van der Waals surface area contributed by atoms with Gasteiger partial charge < -0.3 is 14.9 Å². The van der Waals surface area contributed by atoms with Crippen LogP contribution in [0.5, 0.6) is 0 Å². The van der Waals surface area contributed by atoms with Gasteiger partial charge in [0.2, 0.25) is 0 Å². The van der Waals surface area contributed by atoms with Crippen LogP contribution in [0.2, 0.25) is 0 Å². The number of hydrogen-bond donors (Lipinski definition) is 2. The number of hydrogen-bond acceptors (Lipinski definition) is 6. The first kappa shape index (κ1) is 20.6. The molecule has 4 heterocycles. The van der Waals surface area contributed by atoms with Crippen LogP contribution in [-0.2, 0) is 6.54 Å². The van der Waals surface area contributed by atoms with Gasteiger partial charge in [-0.05, 0) is 31.0 Å². The SMILES string of the molecule is c1ccc2[nH]c(CNc3nc(-c4csc5ccccc45)nc4c3ncn4C3CCCCC3)nc2c1. The smallest absolute Gasteiger partial charge is 0.166 e. The molecule has 2 aromatic carbocycles. The van der Waals surface area contributed by atoms with Gasteiger partial charge in [0.25, 0.3) is 0 Å².